The van der Waals surface area contributed by atoms with E-state index >= 15 is 0 Å². The number of carbonyl (C=O) groups excluding carboxylic acids is 1. The van der Waals surface area contributed by atoms with Gasteiger partial charge >= 0.3 is 0 Å². The number of carbonyl (C=O) groups is 1. The first-order valence-electron chi connectivity index (χ1n) is 7.89. The van der Waals surface area contributed by atoms with Crippen LogP contribution in [0, 0.1) is 0 Å². The van der Waals surface area contributed by atoms with Crippen LogP contribution in [0.15, 0.2) is 40.3 Å². The van der Waals surface area contributed by atoms with Gasteiger partial charge in [0.15, 0.2) is 11.5 Å². The lowest BCUT2D eigenvalue weighted by atomic mass is 10.2. The fourth-order valence-corrected chi connectivity index (χ4v) is 3.23. The van der Waals surface area contributed by atoms with Crippen LogP contribution < -0.4 is 14.8 Å². The third kappa shape index (κ3) is 4.00. The Bertz CT molecular complexity index is 893. The summed E-state index contributed by atoms with van der Waals surface area (Å²) in [6.45, 7) is 2.53. The maximum atomic E-state index is 12.4. The fraction of sp³-hybridized carbons (Fsp3) is 0.222. The number of benzene rings is 1. The van der Waals surface area contributed by atoms with Crippen LogP contribution in [0.25, 0.3) is 10.8 Å². The second-order valence-electron chi connectivity index (χ2n) is 5.23. The second kappa shape index (κ2) is 8.25. The number of methoxy groups -OCH3 is 1. The lowest BCUT2D eigenvalue weighted by Gasteiger charge is -2.13. The highest BCUT2D eigenvalue weighted by Gasteiger charge is 2.16. The number of oxazole rings is 1. The van der Waals surface area contributed by atoms with Gasteiger partial charge in [0.1, 0.15) is 6.26 Å². The maximum absolute atomic E-state index is 12.4. The van der Waals surface area contributed by atoms with Gasteiger partial charge in [-0.3, -0.25) is 4.79 Å². The molecule has 0 spiro atoms. The van der Waals surface area contributed by atoms with Crippen molar-refractivity contribution < 1.29 is 18.7 Å². The summed E-state index contributed by atoms with van der Waals surface area (Å²) in [6, 6.07) is 6.98. The van der Waals surface area contributed by atoms with Crippen LogP contribution in [0.1, 0.15) is 23.0 Å². The summed E-state index contributed by atoms with van der Waals surface area (Å²) in [5.74, 6) is 1.07. The van der Waals surface area contributed by atoms with Gasteiger partial charge in [-0.15, -0.1) is 11.3 Å². The number of nitrogens with zero attached hydrogens (tertiary/aromatic N) is 1. The lowest BCUT2D eigenvalue weighted by molar-refractivity contribution is 0.0950. The van der Waals surface area contributed by atoms with E-state index < -0.39 is 0 Å². The van der Waals surface area contributed by atoms with Gasteiger partial charge in [-0.25, -0.2) is 4.98 Å². The zero-order chi connectivity index (χ0) is 18.5. The molecule has 0 unspecified atom stereocenters. The molecule has 6 nitrogen and oxygen atoms in total. The first kappa shape index (κ1) is 18.3. The molecule has 2 aromatic heterocycles. The minimum atomic E-state index is -0.297. The molecule has 136 valence electrons. The summed E-state index contributed by atoms with van der Waals surface area (Å²) in [5, 5.41) is 5.06. The van der Waals surface area contributed by atoms with Crippen molar-refractivity contribution in [2.75, 3.05) is 13.7 Å². The van der Waals surface area contributed by atoms with E-state index in [1.54, 1.807) is 12.1 Å². The number of nitrogens with one attached hydrogen (secondary N) is 1. The minimum absolute atomic E-state index is 0.237. The van der Waals surface area contributed by atoms with Gasteiger partial charge in [0.05, 0.1) is 35.9 Å². The monoisotopic (exact) mass is 392 g/mol. The predicted octanol–water partition coefficient (Wildman–Crippen LogP) is 4.39. The van der Waals surface area contributed by atoms with E-state index in [2.05, 4.69) is 10.3 Å². The van der Waals surface area contributed by atoms with Crippen molar-refractivity contribution in [3.63, 3.8) is 0 Å². The molecule has 1 aromatic carbocycles. The molecule has 0 bridgehead atoms. The van der Waals surface area contributed by atoms with Gasteiger partial charge in [0, 0.05) is 5.56 Å². The van der Waals surface area contributed by atoms with Gasteiger partial charge in [-0.05, 0) is 30.5 Å². The number of ether oxygens (including phenoxy) is 2. The lowest BCUT2D eigenvalue weighted by Crippen LogP contribution is -2.23. The predicted molar refractivity (Wildman–Crippen MR) is 100 cm³/mol. The maximum Gasteiger partial charge on any atom is 0.251 e. The second-order valence-corrected chi connectivity index (χ2v) is 6.58. The van der Waals surface area contributed by atoms with Crippen molar-refractivity contribution in [2.24, 2.45) is 0 Å². The van der Waals surface area contributed by atoms with Gasteiger partial charge in [0.2, 0.25) is 5.89 Å². The first-order valence-corrected chi connectivity index (χ1v) is 9.15. The molecule has 1 N–H and O–H groups in total. The van der Waals surface area contributed by atoms with Crippen LogP contribution in [0.4, 0.5) is 0 Å². The number of aromatic nitrogens is 1. The Morgan fingerprint density at radius 3 is 2.96 bits per heavy atom. The van der Waals surface area contributed by atoms with Crippen LogP contribution in [-0.2, 0) is 6.54 Å². The average Bonchev–Trinajstić information content (AvgIpc) is 3.32. The third-order valence-electron chi connectivity index (χ3n) is 3.49. The molecule has 2 heterocycles. The standard InChI is InChI=1S/C18H17ClN2O4S/c1-3-24-16-13(19)7-11(8-14(16)23-2)17(22)20-9-12-10-25-18(21-12)15-5-4-6-26-15/h4-8,10H,3,9H2,1-2H3,(H,20,22). The van der Waals surface area contributed by atoms with Crippen molar-refractivity contribution in [2.45, 2.75) is 13.5 Å². The number of hydrogen-bond acceptors (Lipinski definition) is 6. The number of rotatable bonds is 7. The molecule has 8 heteroatoms. The Hall–Kier alpha value is -2.51. The summed E-state index contributed by atoms with van der Waals surface area (Å²) >= 11 is 7.74. The molecule has 0 aliphatic heterocycles. The van der Waals surface area contributed by atoms with E-state index in [9.17, 15) is 4.79 Å². The molecule has 0 atom stereocenters. The molecule has 3 aromatic rings. The van der Waals surface area contributed by atoms with Crippen molar-refractivity contribution in [3.05, 3.63) is 52.2 Å². The molecule has 0 saturated heterocycles. The molecule has 0 radical (unpaired) electrons. The zero-order valence-corrected chi connectivity index (χ0v) is 15.8. The summed E-state index contributed by atoms with van der Waals surface area (Å²) in [6.07, 6.45) is 1.53. The highest BCUT2D eigenvalue weighted by Crippen LogP contribution is 2.36. The highest BCUT2D eigenvalue weighted by atomic mass is 35.5. The summed E-state index contributed by atoms with van der Waals surface area (Å²) in [4.78, 5) is 17.7. The van der Waals surface area contributed by atoms with Crippen LogP contribution in [0.5, 0.6) is 11.5 Å². The summed E-state index contributed by atoms with van der Waals surface area (Å²) in [7, 11) is 1.50. The topological polar surface area (TPSA) is 73.6 Å². The van der Waals surface area contributed by atoms with Crippen molar-refractivity contribution in [1.29, 1.82) is 0 Å². The molecular formula is C18H17ClN2O4S. The Balaban J connectivity index is 1.69. The van der Waals surface area contributed by atoms with Gasteiger partial charge in [0.25, 0.3) is 5.91 Å². The molecule has 3 rings (SSSR count). The normalized spacial score (nSPS) is 10.6. The Morgan fingerprint density at radius 1 is 1.42 bits per heavy atom. The van der Waals surface area contributed by atoms with Gasteiger partial charge in [-0.2, -0.15) is 0 Å². The van der Waals surface area contributed by atoms with Crippen LogP contribution in [-0.4, -0.2) is 24.6 Å². The zero-order valence-electron chi connectivity index (χ0n) is 14.2. The smallest absolute Gasteiger partial charge is 0.251 e. The van der Waals surface area contributed by atoms with Crippen molar-refractivity contribution >= 4 is 28.8 Å². The Labute approximate surface area is 159 Å². The molecule has 26 heavy (non-hydrogen) atoms. The van der Waals surface area contributed by atoms with E-state index in [4.69, 9.17) is 25.5 Å². The molecule has 0 aliphatic rings. The third-order valence-corrected chi connectivity index (χ3v) is 4.63. The number of hydrogen-bond donors (Lipinski definition) is 1. The van der Waals surface area contributed by atoms with Gasteiger partial charge in [-0.1, -0.05) is 17.7 Å². The number of thiophene rings is 1. The average molecular weight is 393 g/mol. The molecule has 1 amide bonds. The van der Waals surface area contributed by atoms with E-state index in [1.165, 1.54) is 24.7 Å². The minimum Gasteiger partial charge on any atom is -0.493 e. The van der Waals surface area contributed by atoms with Crippen LogP contribution in [0.3, 0.4) is 0 Å². The molecule has 0 fully saturated rings. The Kier molecular flexibility index (Phi) is 5.80. The summed E-state index contributed by atoms with van der Waals surface area (Å²) < 4.78 is 16.1. The van der Waals surface area contributed by atoms with Crippen molar-refractivity contribution in [3.8, 4) is 22.3 Å². The number of halogens is 1. The van der Waals surface area contributed by atoms with E-state index in [1.807, 2.05) is 24.4 Å². The van der Waals surface area contributed by atoms with E-state index in [-0.39, 0.29) is 12.5 Å². The van der Waals surface area contributed by atoms with Crippen molar-refractivity contribution in [1.82, 2.24) is 10.3 Å². The largest absolute Gasteiger partial charge is 0.493 e. The molecular weight excluding hydrogens is 376 g/mol. The quantitative estimate of drug-likeness (QED) is 0.645. The molecule has 0 aliphatic carbocycles. The first-order chi connectivity index (χ1) is 12.6. The van der Waals surface area contributed by atoms with E-state index in [0.29, 0.717) is 40.3 Å². The van der Waals surface area contributed by atoms with Crippen LogP contribution >= 0.6 is 22.9 Å². The Morgan fingerprint density at radius 2 is 2.27 bits per heavy atom. The SMILES string of the molecule is CCOc1c(Cl)cc(C(=O)NCc2coc(-c3cccs3)n2)cc1OC. The fourth-order valence-electron chi connectivity index (χ4n) is 2.31. The van der Waals surface area contributed by atoms with Gasteiger partial charge < -0.3 is 19.2 Å². The molecule has 0 saturated carbocycles. The highest BCUT2D eigenvalue weighted by molar-refractivity contribution is 7.13. The van der Waals surface area contributed by atoms with Crippen LogP contribution in [0.2, 0.25) is 5.02 Å². The van der Waals surface area contributed by atoms with E-state index in [0.717, 1.165) is 4.88 Å². The number of amides is 1. The summed E-state index contributed by atoms with van der Waals surface area (Å²) in [5.41, 5.74) is 1.00.